The molecule has 0 radical (unpaired) electrons. The van der Waals surface area contributed by atoms with E-state index in [1.54, 1.807) is 0 Å². The Morgan fingerprint density at radius 1 is 1.29 bits per heavy atom. The molecule has 132 valence electrons. The number of piperidine rings is 1. The zero-order chi connectivity index (χ0) is 17.1. The van der Waals surface area contributed by atoms with Gasteiger partial charge in [0.15, 0.2) is 0 Å². The third kappa shape index (κ3) is 3.95. The van der Waals surface area contributed by atoms with Gasteiger partial charge in [-0.15, -0.1) is 0 Å². The van der Waals surface area contributed by atoms with Crippen molar-refractivity contribution < 1.29 is 9.59 Å². The number of carbonyl (C=O) groups is 2. The summed E-state index contributed by atoms with van der Waals surface area (Å²) in [6, 6.07) is 0.381. The molecule has 3 rings (SSSR count). The summed E-state index contributed by atoms with van der Waals surface area (Å²) < 4.78 is 1.82. The van der Waals surface area contributed by atoms with Crippen molar-refractivity contribution in [3.8, 4) is 0 Å². The summed E-state index contributed by atoms with van der Waals surface area (Å²) in [5.41, 5.74) is 1.19. The Balaban J connectivity index is 1.58. The number of hydrogen-bond donors (Lipinski definition) is 1. The Hall–Kier alpha value is -1.89. The second-order valence-electron chi connectivity index (χ2n) is 6.96. The van der Waals surface area contributed by atoms with Crippen LogP contribution in [0.25, 0.3) is 0 Å². The van der Waals surface area contributed by atoms with Crippen LogP contribution in [0.15, 0.2) is 12.4 Å². The minimum Gasteiger partial charge on any atom is -0.352 e. The molecule has 3 heterocycles. The smallest absolute Gasteiger partial charge is 0.236 e. The van der Waals surface area contributed by atoms with Gasteiger partial charge in [-0.1, -0.05) is 0 Å². The van der Waals surface area contributed by atoms with E-state index in [1.165, 1.54) is 12.5 Å². The molecule has 7 nitrogen and oxygen atoms in total. The molecule has 1 N–H and O–H groups in total. The second-order valence-corrected chi connectivity index (χ2v) is 6.96. The number of likely N-dealkylation sites (tertiary alicyclic amines) is 2. The van der Waals surface area contributed by atoms with Crippen LogP contribution >= 0.6 is 0 Å². The number of nitrogens with zero attached hydrogens (tertiary/aromatic N) is 4. The first kappa shape index (κ1) is 17.0. The Labute approximate surface area is 143 Å². The minimum atomic E-state index is -0.0227. The second kappa shape index (κ2) is 7.34. The fourth-order valence-corrected chi connectivity index (χ4v) is 3.89. The largest absolute Gasteiger partial charge is 0.352 e. The van der Waals surface area contributed by atoms with Gasteiger partial charge in [0.2, 0.25) is 11.8 Å². The van der Waals surface area contributed by atoms with Gasteiger partial charge in [-0.3, -0.25) is 19.2 Å². The number of hydrogen-bond acceptors (Lipinski definition) is 4. The molecule has 0 aliphatic carbocycles. The Morgan fingerprint density at radius 2 is 2.08 bits per heavy atom. The number of aryl methyl sites for hydroxylation is 1. The lowest BCUT2D eigenvalue weighted by Crippen LogP contribution is -2.51. The van der Waals surface area contributed by atoms with E-state index in [0.717, 1.165) is 38.8 Å². The summed E-state index contributed by atoms with van der Waals surface area (Å²) >= 11 is 0. The van der Waals surface area contributed by atoms with Crippen molar-refractivity contribution in [1.82, 2.24) is 24.9 Å². The van der Waals surface area contributed by atoms with Gasteiger partial charge in [0.25, 0.3) is 0 Å². The van der Waals surface area contributed by atoms with Crippen molar-refractivity contribution in [3.63, 3.8) is 0 Å². The predicted molar refractivity (Wildman–Crippen MR) is 90.2 cm³/mol. The average molecular weight is 333 g/mol. The van der Waals surface area contributed by atoms with Crippen LogP contribution in [0, 0.1) is 0 Å². The molecule has 0 spiro atoms. The van der Waals surface area contributed by atoms with Crippen molar-refractivity contribution in [2.24, 2.45) is 7.05 Å². The summed E-state index contributed by atoms with van der Waals surface area (Å²) in [4.78, 5) is 28.1. The third-order valence-corrected chi connectivity index (χ3v) is 4.99. The van der Waals surface area contributed by atoms with E-state index in [4.69, 9.17) is 0 Å². The molecule has 2 amide bonds. The van der Waals surface area contributed by atoms with Gasteiger partial charge in [0.05, 0.1) is 12.7 Å². The number of amides is 2. The van der Waals surface area contributed by atoms with Crippen molar-refractivity contribution in [3.05, 3.63) is 18.0 Å². The zero-order valence-corrected chi connectivity index (χ0v) is 14.6. The molecule has 1 aromatic heterocycles. The predicted octanol–water partition coefficient (Wildman–Crippen LogP) is 0.684. The van der Waals surface area contributed by atoms with E-state index in [2.05, 4.69) is 15.3 Å². The molecule has 1 aromatic rings. The summed E-state index contributed by atoms with van der Waals surface area (Å²) in [7, 11) is 1.92. The van der Waals surface area contributed by atoms with Crippen LogP contribution in [0.2, 0.25) is 0 Å². The Bertz CT molecular complexity index is 600. The molecule has 2 atom stereocenters. The summed E-state index contributed by atoms with van der Waals surface area (Å²) in [6.07, 6.45) is 8.03. The van der Waals surface area contributed by atoms with Crippen LogP contribution < -0.4 is 5.32 Å². The topological polar surface area (TPSA) is 70.5 Å². The molecule has 2 aliphatic rings. The first-order valence-electron chi connectivity index (χ1n) is 8.80. The summed E-state index contributed by atoms with van der Waals surface area (Å²) in [5.74, 6) is 0.145. The van der Waals surface area contributed by atoms with Crippen molar-refractivity contribution in [1.29, 1.82) is 0 Å². The fraction of sp³-hybridized carbons (Fsp3) is 0.706. The lowest BCUT2D eigenvalue weighted by atomic mass is 10.1. The van der Waals surface area contributed by atoms with E-state index in [9.17, 15) is 9.59 Å². The maximum atomic E-state index is 12.7. The number of aromatic nitrogens is 2. The number of rotatable bonds is 4. The first-order valence-corrected chi connectivity index (χ1v) is 8.80. The highest BCUT2D eigenvalue weighted by Crippen LogP contribution is 2.31. The van der Waals surface area contributed by atoms with Gasteiger partial charge in [-0.05, 0) is 32.2 Å². The van der Waals surface area contributed by atoms with Gasteiger partial charge < -0.3 is 10.2 Å². The Morgan fingerprint density at radius 3 is 2.79 bits per heavy atom. The molecule has 0 bridgehead atoms. The van der Waals surface area contributed by atoms with E-state index < -0.39 is 0 Å². The average Bonchev–Trinajstić information content (AvgIpc) is 3.15. The minimum absolute atomic E-state index is 0.0227. The Kier molecular flexibility index (Phi) is 5.18. The van der Waals surface area contributed by atoms with Gasteiger partial charge in [-0.25, -0.2) is 0 Å². The highest BCUT2D eigenvalue weighted by atomic mass is 16.2. The molecule has 2 fully saturated rings. The number of carbonyl (C=O) groups excluding carboxylic acids is 2. The van der Waals surface area contributed by atoms with E-state index in [0.29, 0.717) is 19.1 Å². The molecule has 24 heavy (non-hydrogen) atoms. The van der Waals surface area contributed by atoms with Gasteiger partial charge >= 0.3 is 0 Å². The maximum Gasteiger partial charge on any atom is 0.236 e. The quantitative estimate of drug-likeness (QED) is 0.880. The highest BCUT2D eigenvalue weighted by Gasteiger charge is 2.31. The van der Waals surface area contributed by atoms with Crippen LogP contribution in [-0.4, -0.2) is 63.6 Å². The SMILES string of the molecule is CC(=O)N[C@@H]1CCCN(C(=O)CN2CCC[C@@H]2c2cnn(C)c2)C1. The third-order valence-electron chi connectivity index (χ3n) is 4.99. The summed E-state index contributed by atoms with van der Waals surface area (Å²) in [6.45, 7) is 4.36. The molecule has 2 saturated heterocycles. The summed E-state index contributed by atoms with van der Waals surface area (Å²) in [5, 5.41) is 7.20. The fourth-order valence-electron chi connectivity index (χ4n) is 3.89. The van der Waals surface area contributed by atoms with E-state index >= 15 is 0 Å². The van der Waals surface area contributed by atoms with Crippen LogP contribution in [0.4, 0.5) is 0 Å². The zero-order valence-electron chi connectivity index (χ0n) is 14.6. The molecule has 0 aromatic carbocycles. The normalized spacial score (nSPS) is 25.0. The van der Waals surface area contributed by atoms with Crippen LogP contribution in [0.1, 0.15) is 44.2 Å². The van der Waals surface area contributed by atoms with Gasteiger partial charge in [0, 0.05) is 50.9 Å². The van der Waals surface area contributed by atoms with Crippen molar-refractivity contribution in [2.75, 3.05) is 26.2 Å². The van der Waals surface area contributed by atoms with E-state index in [-0.39, 0.29) is 17.9 Å². The lowest BCUT2D eigenvalue weighted by molar-refractivity contribution is -0.134. The van der Waals surface area contributed by atoms with Crippen LogP contribution in [-0.2, 0) is 16.6 Å². The van der Waals surface area contributed by atoms with Crippen molar-refractivity contribution in [2.45, 2.75) is 44.7 Å². The first-order chi connectivity index (χ1) is 11.5. The van der Waals surface area contributed by atoms with Gasteiger partial charge in [0.1, 0.15) is 0 Å². The molecule has 0 saturated carbocycles. The highest BCUT2D eigenvalue weighted by molar-refractivity contribution is 5.79. The van der Waals surface area contributed by atoms with Crippen LogP contribution in [0.5, 0.6) is 0 Å². The molecular formula is C17H27N5O2. The van der Waals surface area contributed by atoms with Crippen LogP contribution in [0.3, 0.4) is 0 Å². The standard InChI is InChI=1S/C17H27N5O2/c1-13(23)19-15-5-3-8-22(11-15)17(24)12-21-7-4-6-16(21)14-9-18-20(2)10-14/h9-10,15-16H,3-8,11-12H2,1-2H3,(H,19,23)/t15-,16-/m1/s1. The molecule has 2 aliphatic heterocycles. The molecular weight excluding hydrogens is 306 g/mol. The lowest BCUT2D eigenvalue weighted by Gasteiger charge is -2.34. The van der Waals surface area contributed by atoms with Gasteiger partial charge in [-0.2, -0.15) is 5.10 Å². The number of nitrogens with one attached hydrogen (secondary N) is 1. The van der Waals surface area contributed by atoms with E-state index in [1.807, 2.05) is 29.0 Å². The van der Waals surface area contributed by atoms with Crippen molar-refractivity contribution >= 4 is 11.8 Å². The monoisotopic (exact) mass is 333 g/mol. The molecule has 7 heteroatoms. The molecule has 0 unspecified atom stereocenters. The maximum absolute atomic E-state index is 12.7.